The third-order valence-corrected chi connectivity index (χ3v) is 4.58. The van der Waals surface area contributed by atoms with Crippen LogP contribution in [0.5, 0.6) is 0 Å². The number of carbonyl (C=O) groups is 1. The fourth-order valence-electron chi connectivity index (χ4n) is 3.25. The molecule has 1 unspecified atom stereocenters. The van der Waals surface area contributed by atoms with Crippen LogP contribution in [0.4, 0.5) is 4.39 Å². The number of likely N-dealkylation sites (tertiary alicyclic amines) is 1. The topological polar surface area (TPSA) is 20.3 Å². The summed E-state index contributed by atoms with van der Waals surface area (Å²) >= 11 is 0. The van der Waals surface area contributed by atoms with Gasteiger partial charge in [-0.25, -0.2) is 4.39 Å². The van der Waals surface area contributed by atoms with Crippen LogP contribution in [0.3, 0.4) is 0 Å². The molecule has 0 aliphatic carbocycles. The quantitative estimate of drug-likeness (QED) is 0.818. The van der Waals surface area contributed by atoms with Crippen molar-refractivity contribution in [2.45, 2.75) is 38.6 Å². The van der Waals surface area contributed by atoms with Gasteiger partial charge in [0.05, 0.1) is 6.04 Å². The van der Waals surface area contributed by atoms with Gasteiger partial charge in [-0.05, 0) is 49.4 Å². The van der Waals surface area contributed by atoms with Gasteiger partial charge in [-0.3, -0.25) is 4.79 Å². The minimum absolute atomic E-state index is 0.192. The van der Waals surface area contributed by atoms with Crippen molar-refractivity contribution >= 4 is 5.91 Å². The van der Waals surface area contributed by atoms with Crippen LogP contribution in [0.1, 0.15) is 42.0 Å². The molecule has 1 heterocycles. The predicted octanol–water partition coefficient (Wildman–Crippen LogP) is 4.43. The zero-order valence-corrected chi connectivity index (χ0v) is 13.5. The maximum Gasteiger partial charge on any atom is 0.223 e. The smallest absolute Gasteiger partial charge is 0.223 e. The number of hydrogen-bond donors (Lipinski definition) is 0. The van der Waals surface area contributed by atoms with Crippen LogP contribution in [0, 0.1) is 12.7 Å². The van der Waals surface area contributed by atoms with Crippen LogP contribution >= 0.6 is 0 Å². The fraction of sp³-hybridized carbons (Fsp3) is 0.350. The molecule has 0 aromatic heterocycles. The van der Waals surface area contributed by atoms with Crippen molar-refractivity contribution < 1.29 is 9.18 Å². The van der Waals surface area contributed by atoms with E-state index in [0.29, 0.717) is 12.8 Å². The summed E-state index contributed by atoms with van der Waals surface area (Å²) in [5, 5.41) is 0. The lowest BCUT2D eigenvalue weighted by Crippen LogP contribution is -2.30. The van der Waals surface area contributed by atoms with E-state index in [1.165, 1.54) is 23.3 Å². The summed E-state index contributed by atoms with van der Waals surface area (Å²) in [4.78, 5) is 14.6. The molecule has 1 saturated heterocycles. The van der Waals surface area contributed by atoms with Gasteiger partial charge in [-0.15, -0.1) is 0 Å². The summed E-state index contributed by atoms with van der Waals surface area (Å²) in [7, 11) is 0. The van der Waals surface area contributed by atoms with Gasteiger partial charge in [0.2, 0.25) is 5.91 Å². The molecule has 1 aliphatic rings. The van der Waals surface area contributed by atoms with Gasteiger partial charge < -0.3 is 4.90 Å². The van der Waals surface area contributed by atoms with Crippen molar-refractivity contribution in [3.8, 4) is 0 Å². The Kier molecular flexibility index (Phi) is 4.75. The number of aryl methyl sites for hydroxylation is 2. The Morgan fingerprint density at radius 3 is 2.52 bits per heavy atom. The lowest BCUT2D eigenvalue weighted by Gasteiger charge is -2.25. The Balaban J connectivity index is 1.63. The molecule has 0 radical (unpaired) electrons. The molecular weight excluding hydrogens is 289 g/mol. The first-order chi connectivity index (χ1) is 11.1. The molecule has 120 valence electrons. The van der Waals surface area contributed by atoms with E-state index in [-0.39, 0.29) is 17.8 Å². The second kappa shape index (κ2) is 6.95. The fourth-order valence-corrected chi connectivity index (χ4v) is 3.25. The molecule has 1 fully saturated rings. The van der Waals surface area contributed by atoms with Crippen molar-refractivity contribution in [3.05, 3.63) is 71.0 Å². The maximum absolute atomic E-state index is 12.9. The molecule has 1 aliphatic heterocycles. The van der Waals surface area contributed by atoms with Gasteiger partial charge in [0.25, 0.3) is 0 Å². The SMILES string of the molecule is Cc1ccc(C2CCCN2C(=O)CCc2ccc(F)cc2)cc1. The molecule has 1 amide bonds. The predicted molar refractivity (Wildman–Crippen MR) is 89.6 cm³/mol. The van der Waals surface area contributed by atoms with Crippen LogP contribution in [0.2, 0.25) is 0 Å². The van der Waals surface area contributed by atoms with Crippen LogP contribution in [-0.4, -0.2) is 17.4 Å². The maximum atomic E-state index is 12.9. The van der Waals surface area contributed by atoms with E-state index < -0.39 is 0 Å². The first kappa shape index (κ1) is 15.7. The molecule has 2 aromatic carbocycles. The Morgan fingerprint density at radius 2 is 1.83 bits per heavy atom. The summed E-state index contributed by atoms with van der Waals surface area (Å²) in [6.45, 7) is 2.91. The molecule has 23 heavy (non-hydrogen) atoms. The summed E-state index contributed by atoms with van der Waals surface area (Å²) in [6.07, 6.45) is 3.23. The van der Waals surface area contributed by atoms with E-state index in [9.17, 15) is 9.18 Å². The Labute approximate surface area is 136 Å². The van der Waals surface area contributed by atoms with Crippen LogP contribution < -0.4 is 0 Å². The zero-order chi connectivity index (χ0) is 16.2. The summed E-state index contributed by atoms with van der Waals surface area (Å²) in [5.74, 6) is -0.0449. The third kappa shape index (κ3) is 3.79. The van der Waals surface area contributed by atoms with Crippen molar-refractivity contribution in [3.63, 3.8) is 0 Å². The normalized spacial score (nSPS) is 17.5. The average molecular weight is 311 g/mol. The van der Waals surface area contributed by atoms with E-state index in [2.05, 4.69) is 31.2 Å². The number of amides is 1. The molecule has 0 N–H and O–H groups in total. The molecule has 2 aromatic rings. The number of benzene rings is 2. The highest BCUT2D eigenvalue weighted by atomic mass is 19.1. The van der Waals surface area contributed by atoms with Gasteiger partial charge in [-0.2, -0.15) is 0 Å². The van der Waals surface area contributed by atoms with Crippen LogP contribution in [0.15, 0.2) is 48.5 Å². The highest BCUT2D eigenvalue weighted by Gasteiger charge is 2.29. The minimum atomic E-state index is -0.237. The minimum Gasteiger partial charge on any atom is -0.336 e. The summed E-state index contributed by atoms with van der Waals surface area (Å²) < 4.78 is 12.9. The second-order valence-corrected chi connectivity index (χ2v) is 6.28. The number of hydrogen-bond acceptors (Lipinski definition) is 1. The first-order valence-electron chi connectivity index (χ1n) is 8.24. The molecule has 0 saturated carbocycles. The molecular formula is C20H22FNO. The second-order valence-electron chi connectivity index (χ2n) is 6.28. The molecule has 3 rings (SSSR count). The van der Waals surface area contributed by atoms with E-state index in [1.807, 2.05) is 4.90 Å². The van der Waals surface area contributed by atoms with Gasteiger partial charge >= 0.3 is 0 Å². The van der Waals surface area contributed by atoms with Crippen LogP contribution in [0.25, 0.3) is 0 Å². The van der Waals surface area contributed by atoms with E-state index in [0.717, 1.165) is 24.9 Å². The van der Waals surface area contributed by atoms with Gasteiger partial charge in [0.1, 0.15) is 5.82 Å². The van der Waals surface area contributed by atoms with E-state index >= 15 is 0 Å². The highest BCUT2D eigenvalue weighted by molar-refractivity contribution is 5.77. The number of halogens is 1. The third-order valence-electron chi connectivity index (χ3n) is 4.58. The Hall–Kier alpha value is -2.16. The van der Waals surface area contributed by atoms with Gasteiger partial charge in [-0.1, -0.05) is 42.0 Å². The number of nitrogens with zero attached hydrogens (tertiary/aromatic N) is 1. The first-order valence-corrected chi connectivity index (χ1v) is 8.24. The lowest BCUT2D eigenvalue weighted by molar-refractivity contribution is -0.132. The van der Waals surface area contributed by atoms with Crippen molar-refractivity contribution in [1.29, 1.82) is 0 Å². The highest BCUT2D eigenvalue weighted by Crippen LogP contribution is 2.32. The van der Waals surface area contributed by atoms with Gasteiger partial charge in [0.15, 0.2) is 0 Å². The molecule has 1 atom stereocenters. The largest absolute Gasteiger partial charge is 0.336 e. The average Bonchev–Trinajstić information content (AvgIpc) is 3.04. The summed E-state index contributed by atoms with van der Waals surface area (Å²) in [5.41, 5.74) is 3.47. The Bertz CT molecular complexity index is 663. The van der Waals surface area contributed by atoms with Crippen molar-refractivity contribution in [1.82, 2.24) is 4.90 Å². The lowest BCUT2D eigenvalue weighted by atomic mass is 10.0. The number of rotatable bonds is 4. The zero-order valence-electron chi connectivity index (χ0n) is 13.5. The molecule has 2 nitrogen and oxygen atoms in total. The monoisotopic (exact) mass is 311 g/mol. The molecule has 0 bridgehead atoms. The Morgan fingerprint density at radius 1 is 1.13 bits per heavy atom. The summed E-state index contributed by atoms with van der Waals surface area (Å²) in [6, 6.07) is 15.1. The van der Waals surface area contributed by atoms with Crippen LogP contribution in [-0.2, 0) is 11.2 Å². The van der Waals surface area contributed by atoms with E-state index in [4.69, 9.17) is 0 Å². The standard InChI is InChI=1S/C20H22FNO/c1-15-4-9-17(10-5-15)19-3-2-14-22(19)20(23)13-8-16-6-11-18(21)12-7-16/h4-7,9-12,19H,2-3,8,13-14H2,1H3. The van der Waals surface area contributed by atoms with Crippen molar-refractivity contribution in [2.24, 2.45) is 0 Å². The van der Waals surface area contributed by atoms with E-state index in [1.54, 1.807) is 12.1 Å². The van der Waals surface area contributed by atoms with Crippen molar-refractivity contribution in [2.75, 3.05) is 6.54 Å². The van der Waals surface area contributed by atoms with Gasteiger partial charge in [0, 0.05) is 13.0 Å². The molecule has 3 heteroatoms. The molecule has 0 spiro atoms. The number of carbonyl (C=O) groups excluding carboxylic acids is 1.